The van der Waals surface area contributed by atoms with E-state index in [9.17, 15) is 9.59 Å². The average molecular weight is 241 g/mol. The Hall–Kier alpha value is -1.40. The second-order valence-corrected chi connectivity index (χ2v) is 1.86. The van der Waals surface area contributed by atoms with E-state index in [1.54, 1.807) is 0 Å². The van der Waals surface area contributed by atoms with Gasteiger partial charge in [-0.1, -0.05) is 0 Å². The van der Waals surface area contributed by atoms with Crippen LogP contribution in [0, 0.1) is 0 Å². The Labute approximate surface area is 90.8 Å². The Balaban J connectivity index is 0. The number of hydrogen-bond acceptors (Lipinski definition) is 4. The van der Waals surface area contributed by atoms with Crippen LogP contribution < -0.4 is 0 Å². The average Bonchev–Trinajstić information content (AvgIpc) is 2.04. The molecule has 8 heteroatoms. The van der Waals surface area contributed by atoms with Crippen molar-refractivity contribution in [2.75, 3.05) is 0 Å². The van der Waals surface area contributed by atoms with Crippen LogP contribution in [0.4, 0.5) is 0 Å². The van der Waals surface area contributed by atoms with Gasteiger partial charge in [0.05, 0.1) is 0 Å². The van der Waals surface area contributed by atoms with E-state index in [4.69, 9.17) is 10.2 Å². The van der Waals surface area contributed by atoms with Crippen molar-refractivity contribution in [3.05, 3.63) is 23.8 Å². The van der Waals surface area contributed by atoms with E-state index in [0.717, 1.165) is 12.4 Å². The highest BCUT2D eigenvalue weighted by Gasteiger charge is 2.17. The van der Waals surface area contributed by atoms with E-state index in [1.807, 2.05) is 0 Å². The van der Waals surface area contributed by atoms with E-state index in [2.05, 4.69) is 9.97 Å². The van der Waals surface area contributed by atoms with Crippen molar-refractivity contribution in [2.45, 2.75) is 0 Å². The molecule has 0 radical (unpaired) electrons. The molecule has 0 saturated carbocycles. The van der Waals surface area contributed by atoms with Crippen LogP contribution in [0.15, 0.2) is 12.4 Å². The van der Waals surface area contributed by atoms with Crippen LogP contribution in [-0.2, 0) is 0 Å². The lowest BCUT2D eigenvalue weighted by molar-refractivity contribution is 0.0641. The summed E-state index contributed by atoms with van der Waals surface area (Å²) in [6.45, 7) is 0. The fourth-order valence-corrected chi connectivity index (χ4v) is 0.651. The van der Waals surface area contributed by atoms with Crippen molar-refractivity contribution in [1.82, 2.24) is 9.97 Å². The van der Waals surface area contributed by atoms with Gasteiger partial charge < -0.3 is 10.2 Å². The van der Waals surface area contributed by atoms with Crippen LogP contribution in [-0.4, -0.2) is 32.1 Å². The molecule has 0 amide bonds. The topological polar surface area (TPSA) is 100 Å². The Morgan fingerprint density at radius 2 is 1.21 bits per heavy atom. The highest BCUT2D eigenvalue weighted by Crippen LogP contribution is 2.00. The maximum absolute atomic E-state index is 10.4. The Bertz CT molecular complexity index is 311. The number of nitrogens with zero attached hydrogens (tertiary/aromatic N) is 2. The van der Waals surface area contributed by atoms with Gasteiger partial charge in [0.25, 0.3) is 0 Å². The zero-order valence-corrected chi connectivity index (χ0v) is 8.21. The first kappa shape index (κ1) is 15.1. The van der Waals surface area contributed by atoms with E-state index in [1.165, 1.54) is 0 Å². The van der Waals surface area contributed by atoms with Gasteiger partial charge >= 0.3 is 11.9 Å². The molecule has 0 saturated heterocycles. The first-order valence-corrected chi connectivity index (χ1v) is 2.90. The Morgan fingerprint density at radius 3 is 1.43 bits per heavy atom. The van der Waals surface area contributed by atoms with Crippen LogP contribution in [0.2, 0.25) is 0 Å². The van der Waals surface area contributed by atoms with Gasteiger partial charge in [0.2, 0.25) is 0 Å². The summed E-state index contributed by atoms with van der Waals surface area (Å²) in [5, 5.41) is 16.9. The summed E-state index contributed by atoms with van der Waals surface area (Å²) in [7, 11) is 0. The molecule has 0 atom stereocenters. The van der Waals surface area contributed by atoms with E-state index in [0.29, 0.717) is 0 Å². The second kappa shape index (κ2) is 6.11. The van der Waals surface area contributed by atoms with E-state index >= 15 is 0 Å². The zero-order chi connectivity index (χ0) is 9.14. The van der Waals surface area contributed by atoms with Crippen molar-refractivity contribution in [2.24, 2.45) is 0 Å². The SMILES string of the molecule is Cl.Cl.O=C(O)c1nccnc1C(=O)O. The van der Waals surface area contributed by atoms with Crippen LogP contribution >= 0.6 is 24.8 Å². The van der Waals surface area contributed by atoms with Gasteiger partial charge in [-0.15, -0.1) is 24.8 Å². The molecule has 0 fully saturated rings. The maximum atomic E-state index is 10.4. The standard InChI is InChI=1S/C6H4N2O4.2ClH/c9-5(10)3-4(6(11)12)8-2-1-7-3;;/h1-2H,(H,9,10)(H,11,12);2*1H. The molecule has 2 N–H and O–H groups in total. The number of halogens is 2. The Kier molecular flexibility index (Phi) is 6.59. The van der Waals surface area contributed by atoms with Gasteiger partial charge in [0.15, 0.2) is 11.4 Å². The number of hydrogen-bond donors (Lipinski definition) is 2. The molecule has 1 rings (SSSR count). The third kappa shape index (κ3) is 3.15. The molecule has 6 nitrogen and oxygen atoms in total. The fourth-order valence-electron chi connectivity index (χ4n) is 0.651. The van der Waals surface area contributed by atoms with Gasteiger partial charge in [-0.05, 0) is 0 Å². The molecule has 0 aliphatic rings. The molecule has 0 aliphatic heterocycles. The predicted molar refractivity (Wildman–Crippen MR) is 50.4 cm³/mol. The van der Waals surface area contributed by atoms with Gasteiger partial charge in [0.1, 0.15) is 0 Å². The van der Waals surface area contributed by atoms with Crippen LogP contribution in [0.5, 0.6) is 0 Å². The normalized spacial score (nSPS) is 8.00. The molecule has 0 bridgehead atoms. The molecule has 1 aromatic heterocycles. The molecular formula is C6H6Cl2N2O4. The second-order valence-electron chi connectivity index (χ2n) is 1.86. The minimum atomic E-state index is -1.40. The third-order valence-electron chi connectivity index (χ3n) is 1.10. The minimum absolute atomic E-state index is 0. The monoisotopic (exact) mass is 240 g/mol. The molecule has 0 aromatic carbocycles. The number of carbonyl (C=O) groups is 2. The molecule has 1 heterocycles. The largest absolute Gasteiger partial charge is 0.476 e. The third-order valence-corrected chi connectivity index (χ3v) is 1.10. The number of carboxylic acid groups (broad SMARTS) is 2. The lowest BCUT2D eigenvalue weighted by atomic mass is 10.3. The molecule has 0 spiro atoms. The Morgan fingerprint density at radius 1 is 0.929 bits per heavy atom. The highest BCUT2D eigenvalue weighted by atomic mass is 35.5. The smallest absolute Gasteiger partial charge is 0.357 e. The molecule has 0 aliphatic carbocycles. The van der Waals surface area contributed by atoms with Gasteiger partial charge in [-0.3, -0.25) is 0 Å². The lowest BCUT2D eigenvalue weighted by Crippen LogP contribution is -2.12. The summed E-state index contributed by atoms with van der Waals surface area (Å²) in [5.74, 6) is -2.80. The van der Waals surface area contributed by atoms with Crippen LogP contribution in [0.25, 0.3) is 0 Å². The fraction of sp³-hybridized carbons (Fsp3) is 0. The quantitative estimate of drug-likeness (QED) is 0.790. The minimum Gasteiger partial charge on any atom is -0.476 e. The summed E-state index contributed by atoms with van der Waals surface area (Å²) >= 11 is 0. The summed E-state index contributed by atoms with van der Waals surface area (Å²) in [6, 6.07) is 0. The summed E-state index contributed by atoms with van der Waals surface area (Å²) in [5.41, 5.74) is -1.10. The predicted octanol–water partition coefficient (Wildman–Crippen LogP) is 0.717. The van der Waals surface area contributed by atoms with E-state index in [-0.39, 0.29) is 24.8 Å². The molecule has 14 heavy (non-hydrogen) atoms. The zero-order valence-electron chi connectivity index (χ0n) is 6.58. The first-order chi connectivity index (χ1) is 5.63. The maximum Gasteiger partial charge on any atom is 0.357 e. The van der Waals surface area contributed by atoms with Gasteiger partial charge in [-0.2, -0.15) is 0 Å². The number of aromatic nitrogens is 2. The summed E-state index contributed by atoms with van der Waals surface area (Å²) < 4.78 is 0. The summed E-state index contributed by atoms with van der Waals surface area (Å²) in [4.78, 5) is 27.4. The molecular weight excluding hydrogens is 235 g/mol. The van der Waals surface area contributed by atoms with Crippen LogP contribution in [0.1, 0.15) is 21.0 Å². The molecule has 0 unspecified atom stereocenters. The lowest BCUT2D eigenvalue weighted by Gasteiger charge is -1.96. The van der Waals surface area contributed by atoms with Gasteiger partial charge in [-0.25, -0.2) is 19.6 Å². The van der Waals surface area contributed by atoms with Crippen molar-refractivity contribution in [1.29, 1.82) is 0 Å². The number of aromatic carboxylic acids is 2. The van der Waals surface area contributed by atoms with Crippen LogP contribution in [0.3, 0.4) is 0 Å². The first-order valence-electron chi connectivity index (χ1n) is 2.90. The van der Waals surface area contributed by atoms with E-state index < -0.39 is 23.3 Å². The van der Waals surface area contributed by atoms with Crippen molar-refractivity contribution >= 4 is 36.8 Å². The van der Waals surface area contributed by atoms with Gasteiger partial charge in [0, 0.05) is 12.4 Å². The van der Waals surface area contributed by atoms with Crippen molar-refractivity contribution < 1.29 is 19.8 Å². The van der Waals surface area contributed by atoms with Crippen molar-refractivity contribution in [3.8, 4) is 0 Å². The van der Waals surface area contributed by atoms with Crippen molar-refractivity contribution in [3.63, 3.8) is 0 Å². The summed E-state index contributed by atoms with van der Waals surface area (Å²) in [6.07, 6.45) is 2.24. The number of rotatable bonds is 2. The molecule has 78 valence electrons. The number of carboxylic acids is 2. The highest BCUT2D eigenvalue weighted by molar-refractivity contribution is 5.98. The molecule has 1 aromatic rings.